The molecule has 0 radical (unpaired) electrons. The lowest BCUT2D eigenvalue weighted by Gasteiger charge is -2.47. The van der Waals surface area contributed by atoms with Gasteiger partial charge in [-0.3, -0.25) is 0 Å². The molecule has 7 heteroatoms. The average molecular weight is 473 g/mol. The predicted molar refractivity (Wildman–Crippen MR) is 135 cm³/mol. The van der Waals surface area contributed by atoms with E-state index in [1.165, 1.54) is 19.5 Å². The molecular formula is C26H41FN4OSi. The zero-order valence-corrected chi connectivity index (χ0v) is 22.3. The Hall–Kier alpha value is -1.54. The summed E-state index contributed by atoms with van der Waals surface area (Å²) in [5.74, 6) is 0.874. The number of likely N-dealkylation sites (tertiary alicyclic amines) is 1. The highest BCUT2D eigenvalue weighted by Crippen LogP contribution is 2.45. The minimum absolute atomic E-state index is 0.122. The van der Waals surface area contributed by atoms with Crippen molar-refractivity contribution in [2.45, 2.75) is 77.2 Å². The van der Waals surface area contributed by atoms with E-state index >= 15 is 0 Å². The van der Waals surface area contributed by atoms with Crippen molar-refractivity contribution in [3.05, 3.63) is 41.6 Å². The van der Waals surface area contributed by atoms with Gasteiger partial charge in [-0.15, -0.1) is 0 Å². The third-order valence-electron chi connectivity index (χ3n) is 7.91. The number of nitrogens with one attached hydrogen (secondary N) is 1. The van der Waals surface area contributed by atoms with Gasteiger partial charge in [-0.2, -0.15) is 0 Å². The molecule has 1 aromatic heterocycles. The van der Waals surface area contributed by atoms with Crippen molar-refractivity contribution in [3.63, 3.8) is 0 Å². The molecule has 2 saturated heterocycles. The Kier molecular flexibility index (Phi) is 6.89. The molecule has 3 heterocycles. The second-order valence-corrected chi connectivity index (χ2v) is 16.1. The van der Waals surface area contributed by atoms with Gasteiger partial charge in [0.1, 0.15) is 17.2 Å². The summed E-state index contributed by atoms with van der Waals surface area (Å²) in [5.41, 5.74) is 2.14. The number of aryl methyl sites for hydroxylation is 1. The smallest absolute Gasteiger partial charge is 0.193 e. The maximum Gasteiger partial charge on any atom is 0.193 e. The molecule has 4 rings (SSSR count). The quantitative estimate of drug-likeness (QED) is 0.555. The van der Waals surface area contributed by atoms with Gasteiger partial charge >= 0.3 is 0 Å². The number of halogens is 1. The van der Waals surface area contributed by atoms with Crippen LogP contribution >= 0.6 is 0 Å². The normalized spacial score (nSPS) is 19.5. The molecule has 0 unspecified atom stereocenters. The highest BCUT2D eigenvalue weighted by atomic mass is 28.4. The molecule has 2 aromatic rings. The maximum atomic E-state index is 13.9. The second kappa shape index (κ2) is 9.25. The van der Waals surface area contributed by atoms with Crippen LogP contribution in [-0.4, -0.2) is 55.5 Å². The molecule has 2 aliphatic heterocycles. The maximum absolute atomic E-state index is 13.9. The number of hydrogen-bond acceptors (Lipinski definition) is 4. The van der Waals surface area contributed by atoms with E-state index in [1.807, 2.05) is 19.1 Å². The first kappa shape index (κ1) is 24.6. The fourth-order valence-electron chi connectivity index (χ4n) is 4.59. The number of aromatic nitrogens is 2. The molecule has 182 valence electrons. The molecule has 1 N–H and O–H groups in total. The zero-order valence-electron chi connectivity index (χ0n) is 21.3. The fourth-order valence-corrected chi connectivity index (χ4v) is 6.17. The van der Waals surface area contributed by atoms with Crippen LogP contribution in [0.3, 0.4) is 0 Å². The molecule has 2 aliphatic rings. The van der Waals surface area contributed by atoms with Gasteiger partial charge in [0.15, 0.2) is 8.32 Å². The molecule has 1 aromatic carbocycles. The summed E-state index contributed by atoms with van der Waals surface area (Å²) >= 11 is 0. The van der Waals surface area contributed by atoms with Crippen LogP contribution in [0.2, 0.25) is 18.1 Å². The Morgan fingerprint density at radius 1 is 1.15 bits per heavy atom. The van der Waals surface area contributed by atoms with Crippen LogP contribution < -0.4 is 5.32 Å². The van der Waals surface area contributed by atoms with E-state index in [0.29, 0.717) is 5.56 Å². The van der Waals surface area contributed by atoms with E-state index in [4.69, 9.17) is 9.41 Å². The van der Waals surface area contributed by atoms with Gasteiger partial charge in [-0.05, 0) is 94.3 Å². The van der Waals surface area contributed by atoms with Gasteiger partial charge < -0.3 is 19.2 Å². The van der Waals surface area contributed by atoms with Crippen molar-refractivity contribution in [3.8, 4) is 11.3 Å². The molecular weight excluding hydrogens is 431 g/mol. The molecule has 0 aliphatic carbocycles. The summed E-state index contributed by atoms with van der Waals surface area (Å²) in [7, 11) is -2.04. The number of rotatable bonds is 7. The van der Waals surface area contributed by atoms with Crippen molar-refractivity contribution in [1.82, 2.24) is 19.8 Å². The highest BCUT2D eigenvalue weighted by Gasteiger charge is 2.48. The lowest BCUT2D eigenvalue weighted by Crippen LogP contribution is -2.53. The van der Waals surface area contributed by atoms with E-state index in [1.54, 1.807) is 6.07 Å². The number of piperidine rings is 1. The fraction of sp³-hybridized carbons (Fsp3) is 0.654. The first-order valence-corrected chi connectivity index (χ1v) is 15.4. The van der Waals surface area contributed by atoms with Crippen LogP contribution in [0.4, 0.5) is 4.39 Å². The van der Waals surface area contributed by atoms with Crippen molar-refractivity contribution in [1.29, 1.82) is 0 Å². The monoisotopic (exact) mass is 472 g/mol. The third kappa shape index (κ3) is 5.11. The lowest BCUT2D eigenvalue weighted by atomic mass is 9.91. The third-order valence-corrected chi connectivity index (χ3v) is 12.4. The van der Waals surface area contributed by atoms with Crippen molar-refractivity contribution in [2.75, 3.05) is 32.7 Å². The number of benzene rings is 1. The van der Waals surface area contributed by atoms with E-state index in [-0.39, 0.29) is 10.9 Å². The molecule has 0 bridgehead atoms. The molecule has 0 amide bonds. The molecule has 0 saturated carbocycles. The SMILES string of the molecule is Cc1cc(-c2cn(CCN3CCC3)c(C3(O[Si](C)(C)C(C)(C)C)CCNCC3)n2)ccc1F. The summed E-state index contributed by atoms with van der Waals surface area (Å²) in [4.78, 5) is 7.72. The first-order valence-electron chi connectivity index (χ1n) is 12.5. The van der Waals surface area contributed by atoms with Gasteiger partial charge in [-0.1, -0.05) is 20.8 Å². The number of imidazole rings is 1. The highest BCUT2D eigenvalue weighted by molar-refractivity contribution is 6.74. The van der Waals surface area contributed by atoms with Crippen LogP contribution in [0.1, 0.15) is 51.4 Å². The Bertz CT molecular complexity index is 971. The lowest BCUT2D eigenvalue weighted by molar-refractivity contribution is 0.00672. The second-order valence-electron chi connectivity index (χ2n) is 11.4. The minimum Gasteiger partial charge on any atom is -0.404 e. The van der Waals surface area contributed by atoms with Crippen LogP contribution in [0, 0.1) is 12.7 Å². The standard InChI is InChI=1S/C26H41FN4OSi/c1-20-18-21(8-9-22(20)27)23-19-31(17-16-30-14-7-15-30)24(29-23)26(10-12-28-13-11-26)32-33(5,6)25(2,3)4/h8-9,18-19,28H,7,10-17H2,1-6H3. The molecule has 5 nitrogen and oxygen atoms in total. The zero-order chi connectivity index (χ0) is 23.9. The first-order chi connectivity index (χ1) is 15.5. The van der Waals surface area contributed by atoms with Crippen LogP contribution in [0.15, 0.2) is 24.4 Å². The largest absolute Gasteiger partial charge is 0.404 e. The van der Waals surface area contributed by atoms with Crippen LogP contribution in [0.5, 0.6) is 0 Å². The van der Waals surface area contributed by atoms with Gasteiger partial charge in [-0.25, -0.2) is 9.37 Å². The Balaban J connectivity index is 1.76. The van der Waals surface area contributed by atoms with Crippen molar-refractivity contribution >= 4 is 8.32 Å². The summed E-state index contributed by atoms with van der Waals surface area (Å²) in [6.45, 7) is 19.6. The van der Waals surface area contributed by atoms with E-state index < -0.39 is 13.9 Å². The Morgan fingerprint density at radius 3 is 2.42 bits per heavy atom. The predicted octanol–water partition coefficient (Wildman–Crippen LogP) is 5.30. The van der Waals surface area contributed by atoms with Crippen molar-refractivity contribution in [2.24, 2.45) is 0 Å². The van der Waals surface area contributed by atoms with Gasteiger partial charge in [0.05, 0.1) is 5.69 Å². The van der Waals surface area contributed by atoms with Gasteiger partial charge in [0, 0.05) is 24.8 Å². The minimum atomic E-state index is -2.04. The molecule has 0 spiro atoms. The average Bonchev–Trinajstić information content (AvgIpc) is 3.13. The summed E-state index contributed by atoms with van der Waals surface area (Å²) in [6, 6.07) is 5.30. The van der Waals surface area contributed by atoms with E-state index in [2.05, 4.69) is 54.8 Å². The van der Waals surface area contributed by atoms with Gasteiger partial charge in [0.2, 0.25) is 0 Å². The Morgan fingerprint density at radius 2 is 1.85 bits per heavy atom. The molecule has 33 heavy (non-hydrogen) atoms. The summed E-state index contributed by atoms with van der Waals surface area (Å²) in [6.07, 6.45) is 5.30. The topological polar surface area (TPSA) is 42.3 Å². The van der Waals surface area contributed by atoms with Crippen molar-refractivity contribution < 1.29 is 8.82 Å². The number of nitrogens with zero attached hydrogens (tertiary/aromatic N) is 3. The molecule has 0 atom stereocenters. The van der Waals surface area contributed by atoms with Crippen LogP contribution in [0.25, 0.3) is 11.3 Å². The summed E-state index contributed by atoms with van der Waals surface area (Å²) < 4.78 is 23.5. The Labute approximate surface area is 199 Å². The van der Waals surface area contributed by atoms with E-state index in [0.717, 1.165) is 56.1 Å². The van der Waals surface area contributed by atoms with E-state index in [9.17, 15) is 4.39 Å². The van der Waals surface area contributed by atoms with Crippen LogP contribution in [-0.2, 0) is 16.6 Å². The summed E-state index contributed by atoms with van der Waals surface area (Å²) in [5, 5.41) is 3.64. The van der Waals surface area contributed by atoms with Gasteiger partial charge in [0.25, 0.3) is 0 Å². The molecule has 2 fully saturated rings. The number of hydrogen-bond donors (Lipinski definition) is 1.